The minimum Gasteiger partial charge on any atom is -0.489 e. The highest BCUT2D eigenvalue weighted by atomic mass is 19.4. The average Bonchev–Trinajstić information content (AvgIpc) is 3.25. The molecule has 194 valence electrons. The fourth-order valence-corrected chi connectivity index (χ4v) is 4.37. The topological polar surface area (TPSA) is 27.1 Å². The van der Waals surface area contributed by atoms with E-state index in [1.165, 1.54) is 28.9 Å². The number of fused-ring (bicyclic) bond motifs is 1. The zero-order valence-corrected chi connectivity index (χ0v) is 19.7. The molecule has 1 aromatic heterocycles. The molecule has 3 nitrogen and oxygen atoms in total. The Morgan fingerprint density at radius 3 is 2.08 bits per heavy atom. The van der Waals surface area contributed by atoms with Crippen LogP contribution < -0.4 is 4.74 Å². The van der Waals surface area contributed by atoms with Gasteiger partial charge in [0, 0.05) is 16.5 Å². The van der Waals surface area contributed by atoms with Crippen LogP contribution in [0.25, 0.3) is 22.2 Å². The van der Waals surface area contributed by atoms with Gasteiger partial charge < -0.3 is 4.74 Å². The zero-order valence-electron chi connectivity index (χ0n) is 19.7. The molecule has 0 N–H and O–H groups in total. The predicted molar refractivity (Wildman–Crippen MR) is 131 cm³/mol. The van der Waals surface area contributed by atoms with Gasteiger partial charge in [0.2, 0.25) is 0 Å². The summed E-state index contributed by atoms with van der Waals surface area (Å²) in [4.78, 5) is 0. The van der Waals surface area contributed by atoms with Crippen molar-refractivity contribution in [1.82, 2.24) is 9.78 Å². The number of rotatable bonds is 6. The van der Waals surface area contributed by atoms with Gasteiger partial charge in [-0.15, -0.1) is 0 Å². The normalized spacial score (nSPS) is 12.2. The fraction of sp³-hybridized carbons (Fsp3) is 0.138. The second-order valence-corrected chi connectivity index (χ2v) is 8.66. The van der Waals surface area contributed by atoms with Gasteiger partial charge >= 0.3 is 12.4 Å². The molecule has 0 fully saturated rings. The molecule has 0 amide bonds. The van der Waals surface area contributed by atoms with E-state index in [0.717, 1.165) is 17.7 Å². The molecule has 38 heavy (non-hydrogen) atoms. The summed E-state index contributed by atoms with van der Waals surface area (Å²) < 4.78 is 88.7. The molecule has 9 heteroatoms. The van der Waals surface area contributed by atoms with E-state index in [0.29, 0.717) is 16.6 Å². The lowest BCUT2D eigenvalue weighted by atomic mass is 10.0. The van der Waals surface area contributed by atoms with Crippen molar-refractivity contribution < 1.29 is 31.1 Å². The molecular weight excluding hydrogens is 506 g/mol. The first-order valence-electron chi connectivity index (χ1n) is 11.6. The van der Waals surface area contributed by atoms with Crippen LogP contribution in [-0.2, 0) is 25.5 Å². The Bertz CT molecular complexity index is 1570. The summed E-state index contributed by atoms with van der Waals surface area (Å²) in [5.74, 6) is 0.270. The first kappa shape index (κ1) is 25.4. The van der Waals surface area contributed by atoms with E-state index < -0.39 is 23.5 Å². The third-order valence-electron chi connectivity index (χ3n) is 6.08. The molecule has 0 spiro atoms. The Labute approximate surface area is 213 Å². The van der Waals surface area contributed by atoms with Crippen molar-refractivity contribution in [3.63, 3.8) is 0 Å². The standard InChI is InChI=1S/C29H20F6N2O/c30-28(31,32)24-14-5-4-10-21(24)18-38-22-12-6-11-20(16-22)27-23-13-7-15-25(29(33,34)35)26(23)36-37(27)17-19-8-2-1-3-9-19/h1-16H,17-18H2. The molecule has 5 rings (SSSR count). The van der Waals surface area contributed by atoms with E-state index in [9.17, 15) is 26.3 Å². The summed E-state index contributed by atoms with van der Waals surface area (Å²) in [6, 6.07) is 24.7. The third-order valence-corrected chi connectivity index (χ3v) is 6.08. The number of aromatic nitrogens is 2. The van der Waals surface area contributed by atoms with Gasteiger partial charge in [0.05, 0.1) is 23.4 Å². The maximum Gasteiger partial charge on any atom is 0.418 e. The van der Waals surface area contributed by atoms with Crippen molar-refractivity contribution in [2.24, 2.45) is 0 Å². The number of hydrogen-bond donors (Lipinski definition) is 0. The third kappa shape index (κ3) is 5.22. The van der Waals surface area contributed by atoms with Crippen LogP contribution in [0.4, 0.5) is 26.3 Å². The van der Waals surface area contributed by atoms with Crippen LogP contribution in [0.5, 0.6) is 5.75 Å². The Morgan fingerprint density at radius 2 is 1.34 bits per heavy atom. The zero-order chi connectivity index (χ0) is 26.9. The van der Waals surface area contributed by atoms with E-state index in [-0.39, 0.29) is 30.0 Å². The van der Waals surface area contributed by atoms with Crippen LogP contribution >= 0.6 is 0 Å². The number of benzene rings is 4. The van der Waals surface area contributed by atoms with Crippen LogP contribution in [0.15, 0.2) is 97.1 Å². The molecule has 0 aliphatic heterocycles. The summed E-state index contributed by atoms with van der Waals surface area (Å²) in [6.45, 7) is -0.117. The molecule has 0 aliphatic carbocycles. The number of nitrogens with zero attached hydrogens (tertiary/aromatic N) is 2. The second kappa shape index (κ2) is 9.89. The van der Waals surface area contributed by atoms with Crippen molar-refractivity contribution in [2.45, 2.75) is 25.5 Å². The van der Waals surface area contributed by atoms with Gasteiger partial charge in [-0.25, -0.2) is 0 Å². The smallest absolute Gasteiger partial charge is 0.418 e. The van der Waals surface area contributed by atoms with Gasteiger partial charge in [-0.3, -0.25) is 4.68 Å². The van der Waals surface area contributed by atoms with E-state index in [2.05, 4.69) is 5.10 Å². The van der Waals surface area contributed by atoms with Crippen molar-refractivity contribution in [2.75, 3.05) is 0 Å². The maximum atomic E-state index is 13.8. The highest BCUT2D eigenvalue weighted by Crippen LogP contribution is 2.39. The molecule has 0 bridgehead atoms. The SMILES string of the molecule is FC(F)(F)c1ccccc1COc1cccc(-c2c3cccc(C(F)(F)F)c3nn2Cc2ccccc2)c1. The maximum absolute atomic E-state index is 13.8. The van der Waals surface area contributed by atoms with Gasteiger partial charge in [-0.05, 0) is 29.8 Å². The summed E-state index contributed by atoms with van der Waals surface area (Å²) in [6.07, 6.45) is -9.12. The van der Waals surface area contributed by atoms with Crippen molar-refractivity contribution >= 4 is 10.9 Å². The quantitative estimate of drug-likeness (QED) is 0.208. The first-order valence-corrected chi connectivity index (χ1v) is 11.6. The van der Waals surface area contributed by atoms with Gasteiger partial charge in [-0.2, -0.15) is 31.4 Å². The lowest BCUT2D eigenvalue weighted by molar-refractivity contribution is -0.138. The molecule has 1 heterocycles. The minimum atomic E-state index is -4.60. The molecule has 0 atom stereocenters. The largest absolute Gasteiger partial charge is 0.489 e. The van der Waals surface area contributed by atoms with Gasteiger partial charge in [0.1, 0.15) is 17.9 Å². The number of halogens is 6. The van der Waals surface area contributed by atoms with Crippen LogP contribution in [-0.4, -0.2) is 9.78 Å². The van der Waals surface area contributed by atoms with E-state index >= 15 is 0 Å². The van der Waals surface area contributed by atoms with Crippen molar-refractivity contribution in [3.05, 3.63) is 119 Å². The van der Waals surface area contributed by atoms with Gasteiger partial charge in [-0.1, -0.05) is 72.8 Å². The van der Waals surface area contributed by atoms with Crippen molar-refractivity contribution in [3.8, 4) is 17.0 Å². The number of alkyl halides is 6. The molecule has 0 saturated carbocycles. The summed E-state index contributed by atoms with van der Waals surface area (Å²) in [7, 11) is 0. The van der Waals surface area contributed by atoms with Gasteiger partial charge in [0.15, 0.2) is 0 Å². The Balaban J connectivity index is 1.56. The molecule has 4 aromatic carbocycles. The number of hydrogen-bond acceptors (Lipinski definition) is 2. The van der Waals surface area contributed by atoms with E-state index in [4.69, 9.17) is 4.74 Å². The monoisotopic (exact) mass is 526 g/mol. The van der Waals surface area contributed by atoms with E-state index in [1.807, 2.05) is 30.3 Å². The molecule has 5 aromatic rings. The van der Waals surface area contributed by atoms with Gasteiger partial charge in [0.25, 0.3) is 0 Å². The van der Waals surface area contributed by atoms with E-state index in [1.54, 1.807) is 30.3 Å². The average molecular weight is 526 g/mol. The first-order chi connectivity index (χ1) is 18.1. The molecular formula is C29H20F6N2O. The number of ether oxygens (including phenoxy) is 1. The molecule has 0 aliphatic rings. The minimum absolute atomic E-state index is 0.0280. The Morgan fingerprint density at radius 1 is 0.684 bits per heavy atom. The molecule has 0 unspecified atom stereocenters. The van der Waals surface area contributed by atoms with Crippen LogP contribution in [0.1, 0.15) is 22.3 Å². The summed E-state index contributed by atoms with van der Waals surface area (Å²) >= 11 is 0. The molecule has 0 radical (unpaired) electrons. The highest BCUT2D eigenvalue weighted by Gasteiger charge is 2.35. The fourth-order valence-electron chi connectivity index (χ4n) is 4.37. The lowest BCUT2D eigenvalue weighted by Crippen LogP contribution is -2.10. The summed E-state index contributed by atoms with van der Waals surface area (Å²) in [5.41, 5.74) is -0.0510. The highest BCUT2D eigenvalue weighted by molar-refractivity contribution is 5.95. The molecule has 0 saturated heterocycles. The Hall–Kier alpha value is -4.27. The summed E-state index contributed by atoms with van der Waals surface area (Å²) in [5, 5.41) is 4.64. The van der Waals surface area contributed by atoms with Crippen LogP contribution in [0, 0.1) is 0 Å². The van der Waals surface area contributed by atoms with Crippen LogP contribution in [0.3, 0.4) is 0 Å². The van der Waals surface area contributed by atoms with Crippen molar-refractivity contribution in [1.29, 1.82) is 0 Å². The lowest BCUT2D eigenvalue weighted by Gasteiger charge is -2.14. The Kier molecular flexibility index (Phi) is 6.60. The second-order valence-electron chi connectivity index (χ2n) is 8.66. The predicted octanol–water partition coefficient (Wildman–Crippen LogP) is 8.37. The van der Waals surface area contributed by atoms with Crippen LogP contribution in [0.2, 0.25) is 0 Å².